The molecule has 3 fully saturated rings. The Morgan fingerprint density at radius 2 is 2.29 bits per heavy atom. The standard InChI is InChI=1S/C15H26N2O3S/c18-15(8-12-10-19-6-4-16-12)17(13-3-7-21-11-13)9-14-2-1-5-20-14/h12-14,16H,1-11H2. The lowest BCUT2D eigenvalue weighted by molar-refractivity contribution is -0.136. The van der Waals surface area contributed by atoms with Crippen molar-refractivity contribution >= 4 is 17.7 Å². The molecular weight excluding hydrogens is 288 g/mol. The summed E-state index contributed by atoms with van der Waals surface area (Å²) in [4.78, 5) is 14.9. The van der Waals surface area contributed by atoms with Crippen LogP contribution >= 0.6 is 11.8 Å². The van der Waals surface area contributed by atoms with Gasteiger partial charge in [-0.3, -0.25) is 4.79 Å². The Morgan fingerprint density at radius 1 is 1.33 bits per heavy atom. The van der Waals surface area contributed by atoms with E-state index in [2.05, 4.69) is 10.2 Å². The SMILES string of the molecule is O=C(CC1COCCN1)N(CC1CCCO1)C1CCSC1. The minimum atomic E-state index is 0.173. The average Bonchev–Trinajstić information content (AvgIpc) is 3.19. The second-order valence-electron chi connectivity index (χ2n) is 6.13. The van der Waals surface area contributed by atoms with Crippen molar-refractivity contribution in [2.24, 2.45) is 0 Å². The molecule has 0 aromatic rings. The lowest BCUT2D eigenvalue weighted by Gasteiger charge is -2.33. The van der Waals surface area contributed by atoms with Crippen molar-refractivity contribution < 1.29 is 14.3 Å². The number of hydrogen-bond acceptors (Lipinski definition) is 5. The predicted molar refractivity (Wildman–Crippen MR) is 83.6 cm³/mol. The van der Waals surface area contributed by atoms with Crippen molar-refractivity contribution in [3.05, 3.63) is 0 Å². The summed E-state index contributed by atoms with van der Waals surface area (Å²) in [6.45, 7) is 3.88. The van der Waals surface area contributed by atoms with Crippen LogP contribution in [0.2, 0.25) is 0 Å². The van der Waals surface area contributed by atoms with Crippen molar-refractivity contribution in [3.8, 4) is 0 Å². The lowest BCUT2D eigenvalue weighted by Crippen LogP contribution is -2.49. The summed E-state index contributed by atoms with van der Waals surface area (Å²) in [5.41, 5.74) is 0. The monoisotopic (exact) mass is 314 g/mol. The minimum Gasteiger partial charge on any atom is -0.378 e. The summed E-state index contributed by atoms with van der Waals surface area (Å²) >= 11 is 1.96. The second kappa shape index (κ2) is 7.81. The van der Waals surface area contributed by atoms with Gasteiger partial charge in [0.15, 0.2) is 0 Å². The van der Waals surface area contributed by atoms with Gasteiger partial charge < -0.3 is 19.7 Å². The molecule has 3 aliphatic rings. The van der Waals surface area contributed by atoms with Gasteiger partial charge in [-0.1, -0.05) is 0 Å². The van der Waals surface area contributed by atoms with Gasteiger partial charge in [0.2, 0.25) is 5.91 Å². The molecule has 0 saturated carbocycles. The zero-order valence-corrected chi connectivity index (χ0v) is 13.4. The molecule has 3 aliphatic heterocycles. The molecule has 0 aliphatic carbocycles. The Hall–Kier alpha value is -0.300. The third kappa shape index (κ3) is 4.34. The highest BCUT2D eigenvalue weighted by molar-refractivity contribution is 7.99. The number of carbonyl (C=O) groups excluding carboxylic acids is 1. The summed E-state index contributed by atoms with van der Waals surface area (Å²) in [6.07, 6.45) is 4.14. The largest absolute Gasteiger partial charge is 0.378 e. The molecule has 0 radical (unpaired) electrons. The Bertz CT molecular complexity index is 338. The molecule has 3 atom stereocenters. The van der Waals surface area contributed by atoms with Crippen LogP contribution < -0.4 is 5.32 Å². The van der Waals surface area contributed by atoms with E-state index in [-0.39, 0.29) is 18.1 Å². The summed E-state index contributed by atoms with van der Waals surface area (Å²) in [5, 5.41) is 3.38. The van der Waals surface area contributed by atoms with E-state index in [0.717, 1.165) is 51.3 Å². The molecule has 21 heavy (non-hydrogen) atoms. The number of amides is 1. The van der Waals surface area contributed by atoms with Crippen molar-refractivity contribution in [1.82, 2.24) is 10.2 Å². The van der Waals surface area contributed by atoms with Crippen LogP contribution in [0.15, 0.2) is 0 Å². The zero-order chi connectivity index (χ0) is 14.5. The zero-order valence-electron chi connectivity index (χ0n) is 12.6. The molecule has 0 spiro atoms. The fraction of sp³-hybridized carbons (Fsp3) is 0.933. The van der Waals surface area contributed by atoms with Gasteiger partial charge in [0, 0.05) is 44.0 Å². The molecule has 1 amide bonds. The summed E-state index contributed by atoms with van der Waals surface area (Å²) in [6, 6.07) is 0.573. The fourth-order valence-electron chi connectivity index (χ4n) is 3.31. The predicted octanol–water partition coefficient (Wildman–Crippen LogP) is 0.878. The van der Waals surface area contributed by atoms with Gasteiger partial charge in [-0.25, -0.2) is 0 Å². The number of hydrogen-bond donors (Lipinski definition) is 1. The number of nitrogens with zero attached hydrogens (tertiary/aromatic N) is 1. The third-order valence-corrected chi connectivity index (χ3v) is 5.66. The molecule has 3 rings (SSSR count). The lowest BCUT2D eigenvalue weighted by atomic mass is 10.1. The highest BCUT2D eigenvalue weighted by atomic mass is 32.2. The molecule has 120 valence electrons. The van der Waals surface area contributed by atoms with Crippen molar-refractivity contribution in [3.63, 3.8) is 0 Å². The third-order valence-electron chi connectivity index (χ3n) is 4.51. The highest BCUT2D eigenvalue weighted by Gasteiger charge is 2.31. The van der Waals surface area contributed by atoms with E-state index in [9.17, 15) is 4.79 Å². The second-order valence-corrected chi connectivity index (χ2v) is 7.28. The molecule has 6 heteroatoms. The van der Waals surface area contributed by atoms with Crippen molar-refractivity contribution in [1.29, 1.82) is 0 Å². The van der Waals surface area contributed by atoms with Crippen LogP contribution in [0.25, 0.3) is 0 Å². The molecule has 0 aromatic carbocycles. The molecular formula is C15H26N2O3S. The normalized spacial score (nSPS) is 33.2. The molecule has 3 unspecified atom stereocenters. The first-order chi connectivity index (χ1) is 10.3. The first-order valence-electron chi connectivity index (χ1n) is 8.13. The van der Waals surface area contributed by atoms with E-state index in [4.69, 9.17) is 9.47 Å². The summed E-state index contributed by atoms with van der Waals surface area (Å²) in [7, 11) is 0. The topological polar surface area (TPSA) is 50.8 Å². The van der Waals surface area contributed by atoms with E-state index < -0.39 is 0 Å². The van der Waals surface area contributed by atoms with Crippen LogP contribution in [0.5, 0.6) is 0 Å². The van der Waals surface area contributed by atoms with Crippen LogP contribution in [0.1, 0.15) is 25.7 Å². The fourth-order valence-corrected chi connectivity index (χ4v) is 4.53. The molecule has 3 saturated heterocycles. The van der Waals surface area contributed by atoms with Gasteiger partial charge in [-0.15, -0.1) is 0 Å². The van der Waals surface area contributed by atoms with Crippen LogP contribution in [0, 0.1) is 0 Å². The van der Waals surface area contributed by atoms with Gasteiger partial charge >= 0.3 is 0 Å². The Kier molecular flexibility index (Phi) is 5.80. The maximum Gasteiger partial charge on any atom is 0.224 e. The summed E-state index contributed by atoms with van der Waals surface area (Å²) in [5.74, 6) is 2.51. The maximum absolute atomic E-state index is 12.8. The first-order valence-corrected chi connectivity index (χ1v) is 9.28. The van der Waals surface area contributed by atoms with Gasteiger partial charge in [-0.05, 0) is 25.0 Å². The molecule has 5 nitrogen and oxygen atoms in total. The average molecular weight is 314 g/mol. The number of thioether (sulfide) groups is 1. The van der Waals surface area contributed by atoms with Crippen molar-refractivity contribution in [2.75, 3.05) is 44.4 Å². The first kappa shape index (κ1) is 15.6. The number of rotatable bonds is 5. The van der Waals surface area contributed by atoms with Crippen LogP contribution in [0.4, 0.5) is 0 Å². The van der Waals surface area contributed by atoms with E-state index in [0.29, 0.717) is 19.1 Å². The highest BCUT2D eigenvalue weighted by Crippen LogP contribution is 2.25. The van der Waals surface area contributed by atoms with Gasteiger partial charge in [0.1, 0.15) is 0 Å². The molecule has 1 N–H and O–H groups in total. The van der Waals surface area contributed by atoms with Gasteiger partial charge in [-0.2, -0.15) is 11.8 Å². The Balaban J connectivity index is 1.57. The number of carbonyl (C=O) groups is 1. The number of ether oxygens (including phenoxy) is 2. The molecule has 0 aromatic heterocycles. The van der Waals surface area contributed by atoms with Crippen molar-refractivity contribution in [2.45, 2.75) is 43.9 Å². The molecule has 0 bridgehead atoms. The maximum atomic E-state index is 12.8. The smallest absolute Gasteiger partial charge is 0.224 e. The molecule has 3 heterocycles. The number of morpholine rings is 1. The van der Waals surface area contributed by atoms with Crippen LogP contribution in [-0.2, 0) is 14.3 Å². The quantitative estimate of drug-likeness (QED) is 0.816. The van der Waals surface area contributed by atoms with Crippen LogP contribution in [0.3, 0.4) is 0 Å². The minimum absolute atomic E-state index is 0.173. The Morgan fingerprint density at radius 3 is 2.95 bits per heavy atom. The summed E-state index contributed by atoms with van der Waals surface area (Å²) < 4.78 is 11.2. The van der Waals surface area contributed by atoms with Crippen LogP contribution in [-0.4, -0.2) is 73.4 Å². The van der Waals surface area contributed by atoms with Gasteiger partial charge in [0.25, 0.3) is 0 Å². The van der Waals surface area contributed by atoms with E-state index >= 15 is 0 Å². The number of nitrogens with one attached hydrogen (secondary N) is 1. The van der Waals surface area contributed by atoms with Gasteiger partial charge in [0.05, 0.1) is 19.3 Å². The van der Waals surface area contributed by atoms with E-state index in [1.165, 1.54) is 5.75 Å². The van der Waals surface area contributed by atoms with E-state index in [1.807, 2.05) is 11.8 Å². The Labute approximate surface area is 131 Å². The van der Waals surface area contributed by atoms with E-state index in [1.54, 1.807) is 0 Å².